The van der Waals surface area contributed by atoms with E-state index in [2.05, 4.69) is 0 Å². The van der Waals surface area contributed by atoms with Crippen LogP contribution in [0.2, 0.25) is 0 Å². The molecule has 0 aromatic heterocycles. The minimum Gasteiger partial charge on any atom is -0.355 e. The van der Waals surface area contributed by atoms with E-state index in [-0.39, 0.29) is 12.1 Å². The predicted octanol–water partition coefficient (Wildman–Crippen LogP) is 3.70. The maximum absolute atomic E-state index is 12.4. The summed E-state index contributed by atoms with van der Waals surface area (Å²) in [6.45, 7) is 0. The van der Waals surface area contributed by atoms with Crippen molar-refractivity contribution in [3.05, 3.63) is 29.8 Å². The highest BCUT2D eigenvalue weighted by Crippen LogP contribution is 3.02. The van der Waals surface area contributed by atoms with Crippen LogP contribution in [-0.4, -0.2) is 13.0 Å². The van der Waals surface area contributed by atoms with E-state index in [0.29, 0.717) is 0 Å². The van der Waals surface area contributed by atoms with Gasteiger partial charge in [0.25, 0.3) is 5.91 Å². The highest BCUT2D eigenvalue weighted by molar-refractivity contribution is 8.45. The van der Waals surface area contributed by atoms with Gasteiger partial charge in [-0.25, -0.2) is 0 Å². The first kappa shape index (κ1) is 12.8. The van der Waals surface area contributed by atoms with Crippen molar-refractivity contribution in [1.29, 1.82) is 0 Å². The second-order valence-corrected chi connectivity index (χ2v) is 5.49. The molecule has 92 valence electrons. The molecule has 0 aliphatic heterocycles. The van der Waals surface area contributed by atoms with Crippen LogP contribution in [0.25, 0.3) is 0 Å². The molecule has 0 unspecified atom stereocenters. The molecule has 1 N–H and O–H groups in total. The molecule has 1 aromatic rings. The zero-order chi connectivity index (χ0) is 12.7. The molecular weight excluding hydrogens is 253 g/mol. The summed E-state index contributed by atoms with van der Waals surface area (Å²) >= 11 is 0. The molecule has 8 heteroatoms. The van der Waals surface area contributed by atoms with Gasteiger partial charge in [-0.1, -0.05) is 25.5 Å². The minimum atomic E-state index is -9.71. The first-order valence-corrected chi connectivity index (χ1v) is 5.95. The van der Waals surface area contributed by atoms with E-state index in [0.717, 1.165) is 12.1 Å². The SMILES string of the molecule is CNC(=O)c1cccc(S(F)(F)(F)(F)F)c1. The number of amides is 1. The van der Waals surface area contributed by atoms with Gasteiger partial charge >= 0.3 is 10.2 Å². The molecule has 0 atom stereocenters. The van der Waals surface area contributed by atoms with Gasteiger partial charge < -0.3 is 5.32 Å². The van der Waals surface area contributed by atoms with Gasteiger partial charge in [0.05, 0.1) is 0 Å². The van der Waals surface area contributed by atoms with Crippen molar-refractivity contribution in [3.63, 3.8) is 0 Å². The summed E-state index contributed by atoms with van der Waals surface area (Å²) in [7, 11) is -8.52. The highest BCUT2D eigenvalue weighted by Gasteiger charge is 2.65. The van der Waals surface area contributed by atoms with Gasteiger partial charge in [-0.05, 0) is 18.2 Å². The maximum atomic E-state index is 12.4. The highest BCUT2D eigenvalue weighted by atomic mass is 32.5. The van der Waals surface area contributed by atoms with E-state index < -0.39 is 26.6 Å². The normalized spacial score (nSPS) is 16.1. The van der Waals surface area contributed by atoms with Gasteiger partial charge in [0.1, 0.15) is 4.90 Å². The summed E-state index contributed by atoms with van der Waals surface area (Å²) in [5.74, 6) is -0.858. The first-order valence-electron chi connectivity index (χ1n) is 4.00. The number of hydrogen-bond donors (Lipinski definition) is 1. The summed E-state index contributed by atoms with van der Waals surface area (Å²) in [5, 5.41) is 2.05. The zero-order valence-electron chi connectivity index (χ0n) is 8.02. The molecule has 0 fully saturated rings. The van der Waals surface area contributed by atoms with E-state index in [4.69, 9.17) is 0 Å². The monoisotopic (exact) mass is 261 g/mol. The third-order valence-corrected chi connectivity index (χ3v) is 2.91. The zero-order valence-corrected chi connectivity index (χ0v) is 8.83. The smallest absolute Gasteiger partial charge is 0.310 e. The molecule has 1 amide bonds. The van der Waals surface area contributed by atoms with Crippen molar-refractivity contribution < 1.29 is 24.2 Å². The van der Waals surface area contributed by atoms with E-state index >= 15 is 0 Å². The number of carbonyl (C=O) groups is 1. The van der Waals surface area contributed by atoms with Gasteiger partial charge in [0.2, 0.25) is 0 Å². The molecule has 16 heavy (non-hydrogen) atoms. The average Bonchev–Trinajstić information content (AvgIpc) is 2.13. The number of benzene rings is 1. The molecular formula is C8H8F5NOS. The van der Waals surface area contributed by atoms with Crippen molar-refractivity contribution >= 4 is 16.1 Å². The summed E-state index contributed by atoms with van der Waals surface area (Å²) in [4.78, 5) is 8.92. The molecule has 0 aliphatic carbocycles. The van der Waals surface area contributed by atoms with Gasteiger partial charge in [0.15, 0.2) is 0 Å². The number of halogens is 5. The van der Waals surface area contributed by atoms with Crippen LogP contribution in [0.15, 0.2) is 29.2 Å². The number of hydrogen-bond acceptors (Lipinski definition) is 1. The Kier molecular flexibility index (Phi) is 2.29. The van der Waals surface area contributed by atoms with Crippen LogP contribution in [0, 0.1) is 0 Å². The van der Waals surface area contributed by atoms with Gasteiger partial charge in [-0.15, -0.1) is 0 Å². The van der Waals surface area contributed by atoms with Crippen LogP contribution in [0.3, 0.4) is 0 Å². The lowest BCUT2D eigenvalue weighted by Crippen LogP contribution is -2.18. The summed E-state index contributed by atoms with van der Waals surface area (Å²) in [6, 6.07) is 2.16. The van der Waals surface area contributed by atoms with Crippen LogP contribution in [0.5, 0.6) is 0 Å². The van der Waals surface area contributed by atoms with Gasteiger partial charge in [-0.2, -0.15) is 0 Å². The number of carbonyl (C=O) groups excluding carboxylic acids is 1. The Balaban J connectivity index is 3.36. The topological polar surface area (TPSA) is 29.1 Å². The van der Waals surface area contributed by atoms with E-state index in [1.807, 2.05) is 5.32 Å². The quantitative estimate of drug-likeness (QED) is 0.808. The van der Waals surface area contributed by atoms with Crippen molar-refractivity contribution in [1.82, 2.24) is 5.32 Å². The van der Waals surface area contributed by atoms with E-state index in [9.17, 15) is 24.2 Å². The second kappa shape index (κ2) is 2.88. The molecule has 0 heterocycles. The molecule has 0 radical (unpaired) electrons. The Hall–Kier alpha value is -1.31. The minimum absolute atomic E-state index is 0.139. The molecule has 0 saturated carbocycles. The average molecular weight is 261 g/mol. The Morgan fingerprint density at radius 3 is 2.19 bits per heavy atom. The van der Waals surface area contributed by atoms with E-state index in [1.54, 1.807) is 0 Å². The fourth-order valence-corrected chi connectivity index (χ4v) is 1.71. The Morgan fingerprint density at radius 1 is 1.19 bits per heavy atom. The largest absolute Gasteiger partial charge is 0.355 e. The van der Waals surface area contributed by atoms with Gasteiger partial charge in [-0.3, -0.25) is 4.79 Å². The summed E-state index contributed by atoms with van der Waals surface area (Å²) in [6.07, 6.45) is 0. The third kappa shape index (κ3) is 2.84. The lowest BCUT2D eigenvalue weighted by Gasteiger charge is -2.40. The maximum Gasteiger partial charge on any atom is 0.310 e. The van der Waals surface area contributed by atoms with Crippen molar-refractivity contribution in [2.75, 3.05) is 7.05 Å². The molecule has 1 rings (SSSR count). The Morgan fingerprint density at radius 2 is 1.75 bits per heavy atom. The number of rotatable bonds is 2. The lowest BCUT2D eigenvalue weighted by atomic mass is 10.2. The molecule has 0 aliphatic rings. The van der Waals surface area contributed by atoms with Crippen LogP contribution < -0.4 is 5.32 Å². The summed E-state index contributed by atoms with van der Waals surface area (Å²) in [5.41, 5.74) is -0.465. The molecule has 0 spiro atoms. The standard InChI is InChI=1S/C8H8F5NOS/c1-14-8(15)6-3-2-4-7(5-6)16(9,10,11,12)13/h2-5H,1H3,(H,14,15). The van der Waals surface area contributed by atoms with Crippen LogP contribution in [0.1, 0.15) is 10.4 Å². The van der Waals surface area contributed by atoms with Crippen molar-refractivity contribution in [2.45, 2.75) is 4.90 Å². The molecule has 1 aromatic carbocycles. The Bertz CT molecular complexity index is 440. The fourth-order valence-electron chi connectivity index (χ4n) is 1.02. The molecule has 0 bridgehead atoms. The van der Waals surface area contributed by atoms with E-state index in [1.165, 1.54) is 7.05 Å². The van der Waals surface area contributed by atoms with Crippen LogP contribution in [0.4, 0.5) is 19.4 Å². The summed E-state index contributed by atoms with van der Waals surface area (Å²) < 4.78 is 61.8. The van der Waals surface area contributed by atoms with Crippen LogP contribution >= 0.6 is 10.2 Å². The second-order valence-electron chi connectivity index (χ2n) is 3.08. The fraction of sp³-hybridized carbons (Fsp3) is 0.125. The Labute approximate surface area is 88.2 Å². The van der Waals surface area contributed by atoms with Crippen molar-refractivity contribution in [2.24, 2.45) is 0 Å². The van der Waals surface area contributed by atoms with Gasteiger partial charge in [0, 0.05) is 12.6 Å². The third-order valence-electron chi connectivity index (χ3n) is 1.77. The number of nitrogens with one attached hydrogen (secondary N) is 1. The molecule has 2 nitrogen and oxygen atoms in total. The molecule has 0 saturated heterocycles. The lowest BCUT2D eigenvalue weighted by molar-refractivity contribution is 0.0963. The predicted molar refractivity (Wildman–Crippen MR) is 51.2 cm³/mol. The van der Waals surface area contributed by atoms with Crippen molar-refractivity contribution in [3.8, 4) is 0 Å². The van der Waals surface area contributed by atoms with Crippen LogP contribution in [-0.2, 0) is 0 Å². The first-order chi connectivity index (χ1) is 6.94.